The Morgan fingerprint density at radius 3 is 2.07 bits per heavy atom. The monoisotopic (exact) mass is 406 g/mol. The van der Waals surface area contributed by atoms with Crippen molar-refractivity contribution in [2.75, 3.05) is 12.9 Å². The first-order valence-corrected chi connectivity index (χ1v) is 10.4. The van der Waals surface area contributed by atoms with Crippen LogP contribution in [0.15, 0.2) is 53.4 Å². The van der Waals surface area contributed by atoms with Crippen molar-refractivity contribution in [3.8, 4) is 11.5 Å². The number of ether oxygens (including phenoxy) is 2. The average molecular weight is 406 g/mol. The molecule has 2 amide bonds. The maximum atomic E-state index is 12.1. The van der Waals surface area contributed by atoms with Crippen molar-refractivity contribution < 1.29 is 27.5 Å². The topological polar surface area (TPSA) is 111 Å². The number of sulfone groups is 1. The molecule has 8 nitrogen and oxygen atoms in total. The third-order valence-corrected chi connectivity index (χ3v) is 4.79. The van der Waals surface area contributed by atoms with E-state index in [0.717, 1.165) is 6.26 Å². The van der Waals surface area contributed by atoms with Gasteiger partial charge in [-0.1, -0.05) is 0 Å². The van der Waals surface area contributed by atoms with Gasteiger partial charge < -0.3 is 9.47 Å². The highest BCUT2D eigenvalue weighted by molar-refractivity contribution is 7.90. The lowest BCUT2D eigenvalue weighted by Crippen LogP contribution is -2.47. The highest BCUT2D eigenvalue weighted by Gasteiger charge is 2.16. The first-order valence-electron chi connectivity index (χ1n) is 8.50. The molecule has 2 N–H and O–H groups in total. The Morgan fingerprint density at radius 2 is 1.54 bits per heavy atom. The zero-order valence-electron chi connectivity index (χ0n) is 15.8. The standard InChI is InChI=1S/C19H22N2O6S/c1-4-26-15-7-9-16(10-8-15)27-13(2)18(22)20-21-19(23)14-5-11-17(12-6-14)28(3,24)25/h5-13H,4H2,1-3H3,(H,20,22)(H,21,23)/t13-/m1/s1. The van der Waals surface area contributed by atoms with E-state index in [1.54, 1.807) is 31.2 Å². The van der Waals surface area contributed by atoms with Gasteiger partial charge in [0, 0.05) is 11.8 Å². The maximum absolute atomic E-state index is 12.1. The summed E-state index contributed by atoms with van der Waals surface area (Å²) in [7, 11) is -3.34. The quantitative estimate of drug-likeness (QED) is 0.678. The molecule has 0 unspecified atom stereocenters. The molecule has 1 atom stereocenters. The number of nitrogens with one attached hydrogen (secondary N) is 2. The minimum atomic E-state index is -3.34. The molecule has 150 valence electrons. The van der Waals surface area contributed by atoms with Gasteiger partial charge in [0.25, 0.3) is 11.8 Å². The van der Waals surface area contributed by atoms with Gasteiger partial charge in [0.15, 0.2) is 15.9 Å². The third-order valence-electron chi connectivity index (χ3n) is 3.66. The Kier molecular flexibility index (Phi) is 7.00. The van der Waals surface area contributed by atoms with Crippen molar-refractivity contribution >= 4 is 21.7 Å². The van der Waals surface area contributed by atoms with Gasteiger partial charge in [-0.05, 0) is 62.4 Å². The number of hydrogen-bond donors (Lipinski definition) is 2. The van der Waals surface area contributed by atoms with Crippen LogP contribution < -0.4 is 20.3 Å². The molecule has 0 bridgehead atoms. The molecule has 0 aliphatic rings. The smallest absolute Gasteiger partial charge is 0.279 e. The summed E-state index contributed by atoms with van der Waals surface area (Å²) >= 11 is 0. The molecular weight excluding hydrogens is 384 g/mol. The zero-order valence-corrected chi connectivity index (χ0v) is 16.6. The van der Waals surface area contributed by atoms with E-state index in [9.17, 15) is 18.0 Å². The van der Waals surface area contributed by atoms with Gasteiger partial charge in [0.2, 0.25) is 0 Å². The van der Waals surface area contributed by atoms with Crippen LogP contribution in [0.1, 0.15) is 24.2 Å². The lowest BCUT2D eigenvalue weighted by atomic mass is 10.2. The number of hydrazine groups is 1. The van der Waals surface area contributed by atoms with Gasteiger partial charge in [0.1, 0.15) is 11.5 Å². The zero-order chi connectivity index (χ0) is 20.7. The van der Waals surface area contributed by atoms with Crippen molar-refractivity contribution in [2.24, 2.45) is 0 Å². The van der Waals surface area contributed by atoms with Crippen LogP contribution in [0.4, 0.5) is 0 Å². The number of carbonyl (C=O) groups is 2. The first-order chi connectivity index (χ1) is 13.2. The molecule has 2 rings (SSSR count). The van der Waals surface area contributed by atoms with Gasteiger partial charge in [0.05, 0.1) is 11.5 Å². The van der Waals surface area contributed by atoms with Gasteiger partial charge in [-0.2, -0.15) is 0 Å². The minimum absolute atomic E-state index is 0.102. The summed E-state index contributed by atoms with van der Waals surface area (Å²) < 4.78 is 33.7. The minimum Gasteiger partial charge on any atom is -0.494 e. The fraction of sp³-hybridized carbons (Fsp3) is 0.263. The van der Waals surface area contributed by atoms with Crippen LogP contribution in [-0.4, -0.2) is 39.2 Å². The van der Waals surface area contributed by atoms with Crippen LogP contribution >= 0.6 is 0 Å². The number of amides is 2. The molecule has 0 heterocycles. The fourth-order valence-electron chi connectivity index (χ4n) is 2.18. The molecular formula is C19H22N2O6S. The number of rotatable bonds is 7. The van der Waals surface area contributed by atoms with Crippen molar-refractivity contribution in [3.63, 3.8) is 0 Å². The van der Waals surface area contributed by atoms with E-state index >= 15 is 0 Å². The van der Waals surface area contributed by atoms with Gasteiger partial charge in [-0.15, -0.1) is 0 Å². The Balaban J connectivity index is 1.87. The van der Waals surface area contributed by atoms with Crippen LogP contribution in [0.3, 0.4) is 0 Å². The van der Waals surface area contributed by atoms with E-state index in [0.29, 0.717) is 18.1 Å². The van der Waals surface area contributed by atoms with Crippen LogP contribution in [0.25, 0.3) is 0 Å². The van der Waals surface area contributed by atoms with Crippen LogP contribution in [0.5, 0.6) is 11.5 Å². The second-order valence-corrected chi connectivity index (χ2v) is 7.92. The lowest BCUT2D eigenvalue weighted by molar-refractivity contribution is -0.128. The lowest BCUT2D eigenvalue weighted by Gasteiger charge is -2.15. The van der Waals surface area contributed by atoms with Crippen molar-refractivity contribution in [2.45, 2.75) is 24.8 Å². The maximum Gasteiger partial charge on any atom is 0.279 e. The highest BCUT2D eigenvalue weighted by atomic mass is 32.2. The molecule has 0 radical (unpaired) electrons. The molecule has 0 aliphatic heterocycles. The van der Waals surface area contributed by atoms with Crippen molar-refractivity contribution in [1.29, 1.82) is 0 Å². The molecule has 28 heavy (non-hydrogen) atoms. The second-order valence-electron chi connectivity index (χ2n) is 5.90. The number of benzene rings is 2. The van der Waals surface area contributed by atoms with Crippen LogP contribution in [0, 0.1) is 0 Å². The summed E-state index contributed by atoms with van der Waals surface area (Å²) in [5, 5.41) is 0. The van der Waals surface area contributed by atoms with E-state index in [2.05, 4.69) is 10.9 Å². The second kappa shape index (κ2) is 9.23. The summed E-state index contributed by atoms with van der Waals surface area (Å²) in [6, 6.07) is 12.2. The summed E-state index contributed by atoms with van der Waals surface area (Å²) in [6.45, 7) is 3.97. The molecule has 0 spiro atoms. The molecule has 0 aromatic heterocycles. The Labute approximate surface area is 163 Å². The van der Waals surface area contributed by atoms with E-state index < -0.39 is 27.8 Å². The van der Waals surface area contributed by atoms with Gasteiger partial charge >= 0.3 is 0 Å². The summed E-state index contributed by atoms with van der Waals surface area (Å²) in [4.78, 5) is 24.2. The van der Waals surface area contributed by atoms with E-state index in [4.69, 9.17) is 9.47 Å². The Morgan fingerprint density at radius 1 is 0.964 bits per heavy atom. The molecule has 0 saturated carbocycles. The molecule has 0 saturated heterocycles. The Bertz CT molecular complexity index is 924. The van der Waals surface area contributed by atoms with Crippen molar-refractivity contribution in [1.82, 2.24) is 10.9 Å². The largest absolute Gasteiger partial charge is 0.494 e. The number of carbonyl (C=O) groups excluding carboxylic acids is 2. The molecule has 0 fully saturated rings. The molecule has 9 heteroatoms. The van der Waals surface area contributed by atoms with Crippen LogP contribution in [-0.2, 0) is 14.6 Å². The average Bonchev–Trinajstić information content (AvgIpc) is 2.67. The molecule has 2 aromatic carbocycles. The van der Waals surface area contributed by atoms with Gasteiger partial charge in [-0.3, -0.25) is 20.4 Å². The van der Waals surface area contributed by atoms with E-state index in [-0.39, 0.29) is 10.5 Å². The summed E-state index contributed by atoms with van der Waals surface area (Å²) in [6.07, 6.45) is 0.222. The first kappa shape index (κ1) is 21.2. The highest BCUT2D eigenvalue weighted by Crippen LogP contribution is 2.18. The SMILES string of the molecule is CCOc1ccc(O[C@H](C)C(=O)NNC(=O)c2ccc(S(C)(=O)=O)cc2)cc1. The summed E-state index contributed by atoms with van der Waals surface area (Å²) in [5.74, 6) is 0.0477. The van der Waals surface area contributed by atoms with E-state index in [1.165, 1.54) is 24.3 Å². The number of hydrogen-bond acceptors (Lipinski definition) is 6. The van der Waals surface area contributed by atoms with Crippen LogP contribution in [0.2, 0.25) is 0 Å². The molecule has 0 aliphatic carbocycles. The van der Waals surface area contributed by atoms with Gasteiger partial charge in [-0.25, -0.2) is 8.42 Å². The normalized spacial score (nSPS) is 12.0. The van der Waals surface area contributed by atoms with Crippen molar-refractivity contribution in [3.05, 3.63) is 54.1 Å². The summed E-state index contributed by atoms with van der Waals surface area (Å²) in [5.41, 5.74) is 4.73. The van der Waals surface area contributed by atoms with E-state index in [1.807, 2.05) is 6.92 Å². The predicted octanol–water partition coefficient (Wildman–Crippen LogP) is 1.72. The Hall–Kier alpha value is -3.07. The molecule has 2 aromatic rings. The predicted molar refractivity (Wildman–Crippen MR) is 103 cm³/mol. The fourth-order valence-corrected chi connectivity index (χ4v) is 2.81. The third kappa shape index (κ3) is 5.98.